The first-order chi connectivity index (χ1) is 14.4. The summed E-state index contributed by atoms with van der Waals surface area (Å²) < 4.78 is 7.14. The van der Waals surface area contributed by atoms with E-state index in [4.69, 9.17) is 4.74 Å². The van der Waals surface area contributed by atoms with Gasteiger partial charge in [-0.3, -0.25) is 9.59 Å². The fourth-order valence-corrected chi connectivity index (χ4v) is 3.05. The number of aryl methyl sites for hydroxylation is 3. The SMILES string of the molecule is CCn1cnc(CNC(=O)c2ccc(C)c(NC(=O)c3ccc(OC)cc3C)c2)c1. The number of carbonyl (C=O) groups excluding carboxylic acids is 2. The lowest BCUT2D eigenvalue weighted by molar-refractivity contribution is 0.0949. The van der Waals surface area contributed by atoms with E-state index in [0.717, 1.165) is 23.4 Å². The summed E-state index contributed by atoms with van der Waals surface area (Å²) in [6, 6.07) is 10.5. The highest BCUT2D eigenvalue weighted by molar-refractivity contribution is 6.06. The summed E-state index contributed by atoms with van der Waals surface area (Å²) in [5, 5.41) is 5.77. The first kappa shape index (κ1) is 21.1. The van der Waals surface area contributed by atoms with Crippen molar-refractivity contribution in [3.05, 3.63) is 76.9 Å². The third kappa shape index (κ3) is 4.86. The summed E-state index contributed by atoms with van der Waals surface area (Å²) in [5.41, 5.74) is 4.09. The van der Waals surface area contributed by atoms with Crippen molar-refractivity contribution in [2.45, 2.75) is 33.9 Å². The Kier molecular flexibility index (Phi) is 6.51. The fourth-order valence-electron chi connectivity index (χ4n) is 3.05. The molecule has 0 saturated carbocycles. The van der Waals surface area contributed by atoms with Crippen LogP contribution < -0.4 is 15.4 Å². The van der Waals surface area contributed by atoms with Crippen LogP contribution >= 0.6 is 0 Å². The molecule has 1 heterocycles. The number of benzene rings is 2. The van der Waals surface area contributed by atoms with Crippen LogP contribution in [0.25, 0.3) is 0 Å². The second-order valence-corrected chi connectivity index (χ2v) is 7.04. The molecule has 0 aliphatic rings. The van der Waals surface area contributed by atoms with E-state index in [9.17, 15) is 9.59 Å². The zero-order chi connectivity index (χ0) is 21.7. The summed E-state index contributed by atoms with van der Waals surface area (Å²) in [6.45, 7) is 6.94. The molecule has 0 spiro atoms. The maximum atomic E-state index is 12.7. The molecule has 0 bridgehead atoms. The van der Waals surface area contributed by atoms with E-state index < -0.39 is 0 Å². The van der Waals surface area contributed by atoms with Gasteiger partial charge in [0.1, 0.15) is 5.75 Å². The van der Waals surface area contributed by atoms with E-state index in [1.807, 2.05) is 43.7 Å². The summed E-state index contributed by atoms with van der Waals surface area (Å²) in [7, 11) is 1.59. The molecule has 0 unspecified atom stereocenters. The highest BCUT2D eigenvalue weighted by Gasteiger charge is 2.14. The van der Waals surface area contributed by atoms with E-state index in [1.165, 1.54) is 0 Å². The number of imidazole rings is 1. The van der Waals surface area contributed by atoms with Gasteiger partial charge < -0.3 is 19.9 Å². The summed E-state index contributed by atoms with van der Waals surface area (Å²) in [6.07, 6.45) is 3.64. The van der Waals surface area contributed by atoms with Crippen LogP contribution in [-0.2, 0) is 13.1 Å². The maximum Gasteiger partial charge on any atom is 0.255 e. The van der Waals surface area contributed by atoms with Gasteiger partial charge in [-0.05, 0) is 62.2 Å². The van der Waals surface area contributed by atoms with Crippen LogP contribution in [0.15, 0.2) is 48.9 Å². The van der Waals surface area contributed by atoms with Crippen molar-refractivity contribution >= 4 is 17.5 Å². The average molecular weight is 406 g/mol. The van der Waals surface area contributed by atoms with Gasteiger partial charge in [-0.2, -0.15) is 0 Å². The molecular formula is C23H26N4O3. The van der Waals surface area contributed by atoms with E-state index in [0.29, 0.717) is 29.1 Å². The third-order valence-corrected chi connectivity index (χ3v) is 4.91. The highest BCUT2D eigenvalue weighted by Crippen LogP contribution is 2.21. The molecule has 3 rings (SSSR count). The van der Waals surface area contributed by atoms with Crippen molar-refractivity contribution in [1.29, 1.82) is 0 Å². The topological polar surface area (TPSA) is 85.3 Å². The van der Waals surface area contributed by atoms with Crippen molar-refractivity contribution < 1.29 is 14.3 Å². The minimum atomic E-state index is -0.235. The molecule has 2 aromatic carbocycles. The molecule has 7 nitrogen and oxygen atoms in total. The lowest BCUT2D eigenvalue weighted by atomic mass is 10.1. The van der Waals surface area contributed by atoms with Gasteiger partial charge >= 0.3 is 0 Å². The largest absolute Gasteiger partial charge is 0.497 e. The van der Waals surface area contributed by atoms with Crippen molar-refractivity contribution in [2.75, 3.05) is 12.4 Å². The molecule has 2 N–H and O–H groups in total. The zero-order valence-electron chi connectivity index (χ0n) is 17.7. The molecule has 0 aliphatic heterocycles. The van der Waals surface area contributed by atoms with Gasteiger partial charge in [0.15, 0.2) is 0 Å². The smallest absolute Gasteiger partial charge is 0.255 e. The number of rotatable bonds is 7. The van der Waals surface area contributed by atoms with Gasteiger partial charge in [0.25, 0.3) is 11.8 Å². The van der Waals surface area contributed by atoms with Crippen LogP contribution in [0.3, 0.4) is 0 Å². The van der Waals surface area contributed by atoms with Crippen LogP contribution in [0.2, 0.25) is 0 Å². The van der Waals surface area contributed by atoms with Crippen LogP contribution in [0.1, 0.15) is 44.5 Å². The van der Waals surface area contributed by atoms with Gasteiger partial charge in [0.05, 0.1) is 25.7 Å². The molecule has 0 aliphatic carbocycles. The quantitative estimate of drug-likeness (QED) is 0.626. The lowest BCUT2D eigenvalue weighted by Gasteiger charge is -2.12. The fraction of sp³-hybridized carbons (Fsp3) is 0.261. The average Bonchev–Trinajstić information content (AvgIpc) is 3.21. The normalized spacial score (nSPS) is 10.5. The van der Waals surface area contributed by atoms with Crippen LogP contribution in [0.4, 0.5) is 5.69 Å². The third-order valence-electron chi connectivity index (χ3n) is 4.91. The molecule has 30 heavy (non-hydrogen) atoms. The van der Waals surface area contributed by atoms with Gasteiger partial charge in [-0.15, -0.1) is 0 Å². The zero-order valence-corrected chi connectivity index (χ0v) is 17.7. The monoisotopic (exact) mass is 406 g/mol. The van der Waals surface area contributed by atoms with E-state index in [2.05, 4.69) is 15.6 Å². The highest BCUT2D eigenvalue weighted by atomic mass is 16.5. The second-order valence-electron chi connectivity index (χ2n) is 7.04. The molecule has 3 aromatic rings. The minimum absolute atomic E-state index is 0.225. The van der Waals surface area contributed by atoms with Gasteiger partial charge in [-0.25, -0.2) is 4.98 Å². The Bertz CT molecular complexity index is 1070. The van der Waals surface area contributed by atoms with Crippen LogP contribution in [0, 0.1) is 13.8 Å². The lowest BCUT2D eigenvalue weighted by Crippen LogP contribution is -2.23. The molecule has 1 aromatic heterocycles. The van der Waals surface area contributed by atoms with Gasteiger partial charge in [0, 0.05) is 29.6 Å². The number of methoxy groups -OCH3 is 1. The summed E-state index contributed by atoms with van der Waals surface area (Å²) in [5.74, 6) is 0.237. The Hall–Kier alpha value is -3.61. The summed E-state index contributed by atoms with van der Waals surface area (Å²) >= 11 is 0. The minimum Gasteiger partial charge on any atom is -0.497 e. The van der Waals surface area contributed by atoms with Crippen LogP contribution in [-0.4, -0.2) is 28.5 Å². The second kappa shape index (κ2) is 9.26. The Morgan fingerprint density at radius 3 is 2.53 bits per heavy atom. The standard InChI is InChI=1S/C23H26N4O3/c1-5-27-13-18(25-14-27)12-24-22(28)17-7-6-15(2)21(11-17)26-23(29)20-9-8-19(30-4)10-16(20)3/h6-11,13-14H,5,12H2,1-4H3,(H,24,28)(H,26,29). The number of nitrogens with one attached hydrogen (secondary N) is 2. The molecule has 2 amide bonds. The summed E-state index contributed by atoms with van der Waals surface area (Å²) in [4.78, 5) is 29.6. The Balaban J connectivity index is 1.71. The van der Waals surface area contributed by atoms with Crippen molar-refractivity contribution in [3.8, 4) is 5.75 Å². The molecular weight excluding hydrogens is 380 g/mol. The predicted octanol–water partition coefficient (Wildman–Crippen LogP) is 3.71. The molecule has 0 saturated heterocycles. The van der Waals surface area contributed by atoms with Gasteiger partial charge in [-0.1, -0.05) is 6.07 Å². The Labute approximate surface area is 176 Å². The number of aromatic nitrogens is 2. The number of carbonyl (C=O) groups is 2. The number of hydrogen-bond donors (Lipinski definition) is 2. The molecule has 156 valence electrons. The number of hydrogen-bond acceptors (Lipinski definition) is 4. The van der Waals surface area contributed by atoms with E-state index in [-0.39, 0.29) is 11.8 Å². The van der Waals surface area contributed by atoms with E-state index in [1.54, 1.807) is 37.7 Å². The maximum absolute atomic E-state index is 12.7. The van der Waals surface area contributed by atoms with Crippen molar-refractivity contribution in [1.82, 2.24) is 14.9 Å². The Morgan fingerprint density at radius 1 is 1.07 bits per heavy atom. The number of ether oxygens (including phenoxy) is 1. The molecule has 7 heteroatoms. The van der Waals surface area contributed by atoms with Crippen LogP contribution in [0.5, 0.6) is 5.75 Å². The number of nitrogens with zero attached hydrogens (tertiary/aromatic N) is 2. The molecule has 0 fully saturated rings. The predicted molar refractivity (Wildman–Crippen MR) is 116 cm³/mol. The molecule has 0 atom stereocenters. The Morgan fingerprint density at radius 2 is 1.87 bits per heavy atom. The molecule has 0 radical (unpaired) electrons. The van der Waals surface area contributed by atoms with Crippen molar-refractivity contribution in [3.63, 3.8) is 0 Å². The van der Waals surface area contributed by atoms with E-state index >= 15 is 0 Å². The van der Waals surface area contributed by atoms with Gasteiger partial charge in [0.2, 0.25) is 0 Å². The number of anilines is 1. The first-order valence-corrected chi connectivity index (χ1v) is 9.76. The first-order valence-electron chi connectivity index (χ1n) is 9.76. The van der Waals surface area contributed by atoms with Crippen molar-refractivity contribution in [2.24, 2.45) is 0 Å². The number of amides is 2.